The van der Waals surface area contributed by atoms with E-state index in [4.69, 9.17) is 9.15 Å². The number of aromatic amines is 1. The Morgan fingerprint density at radius 3 is 2.29 bits per heavy atom. The van der Waals surface area contributed by atoms with Crippen molar-refractivity contribution in [3.8, 4) is 5.75 Å². The van der Waals surface area contributed by atoms with Crippen molar-refractivity contribution in [2.24, 2.45) is 0 Å². The first-order valence-corrected chi connectivity index (χ1v) is 16.2. The van der Waals surface area contributed by atoms with Crippen LogP contribution in [0.1, 0.15) is 45.6 Å². The molecule has 1 atom stereocenters. The molecule has 6 rings (SSSR count). The first kappa shape index (κ1) is 33.8. The van der Waals surface area contributed by atoms with Gasteiger partial charge in [-0.15, -0.1) is 0 Å². The molecule has 1 unspecified atom stereocenters. The molecule has 2 aromatic heterocycles. The molecule has 4 aromatic carbocycles. The smallest absolute Gasteiger partial charge is 0.248 e. The molecular formula is C39H40N4O6. The number of phenols is 1. The van der Waals surface area contributed by atoms with Crippen LogP contribution in [0.2, 0.25) is 0 Å². The second kappa shape index (κ2) is 15.4. The third-order valence-corrected chi connectivity index (χ3v) is 8.51. The van der Waals surface area contributed by atoms with Gasteiger partial charge in [0.2, 0.25) is 11.4 Å². The fourth-order valence-electron chi connectivity index (χ4n) is 5.84. The highest BCUT2D eigenvalue weighted by Gasteiger charge is 2.38. The van der Waals surface area contributed by atoms with Crippen molar-refractivity contribution in [2.75, 3.05) is 26.7 Å². The van der Waals surface area contributed by atoms with Gasteiger partial charge in [0.05, 0.1) is 37.6 Å². The van der Waals surface area contributed by atoms with Crippen molar-refractivity contribution in [1.82, 2.24) is 20.2 Å². The summed E-state index contributed by atoms with van der Waals surface area (Å²) < 4.78 is 12.1. The molecule has 49 heavy (non-hydrogen) atoms. The van der Waals surface area contributed by atoms with E-state index in [0.717, 1.165) is 11.1 Å². The third kappa shape index (κ3) is 7.97. The van der Waals surface area contributed by atoms with Crippen molar-refractivity contribution in [3.05, 3.63) is 165 Å². The predicted octanol–water partition coefficient (Wildman–Crippen LogP) is 4.98. The number of aliphatic hydroxyl groups is 2. The minimum Gasteiger partial charge on any atom is -0.506 e. The second-order valence-electron chi connectivity index (χ2n) is 12.1. The lowest BCUT2D eigenvalue weighted by molar-refractivity contribution is 0.0852. The quantitative estimate of drug-likeness (QED) is 0.0964. The van der Waals surface area contributed by atoms with Gasteiger partial charge < -0.3 is 34.8 Å². The molecule has 252 valence electrons. The number of aromatic nitrogens is 2. The molecule has 6 aromatic rings. The summed E-state index contributed by atoms with van der Waals surface area (Å²) >= 11 is 0. The number of fused-ring (bicyclic) bond motifs is 1. The van der Waals surface area contributed by atoms with E-state index in [-0.39, 0.29) is 17.2 Å². The van der Waals surface area contributed by atoms with Crippen molar-refractivity contribution < 1.29 is 24.5 Å². The Hall–Kier alpha value is -5.10. The number of benzene rings is 4. The van der Waals surface area contributed by atoms with Gasteiger partial charge in [-0.2, -0.15) is 0 Å². The van der Waals surface area contributed by atoms with Crippen LogP contribution in [0.3, 0.4) is 0 Å². The minimum atomic E-state index is -1.51. The van der Waals surface area contributed by atoms with Crippen LogP contribution < -0.4 is 10.9 Å². The molecule has 0 aliphatic carbocycles. The fraction of sp³-hybridized carbons (Fsp3) is 0.231. The van der Waals surface area contributed by atoms with Gasteiger partial charge >= 0.3 is 0 Å². The van der Waals surface area contributed by atoms with Crippen LogP contribution >= 0.6 is 0 Å². The molecule has 2 heterocycles. The summed E-state index contributed by atoms with van der Waals surface area (Å²) in [6, 6.07) is 33.0. The highest BCUT2D eigenvalue weighted by Crippen LogP contribution is 2.36. The van der Waals surface area contributed by atoms with E-state index < -0.39 is 11.7 Å². The lowest BCUT2D eigenvalue weighted by Gasteiger charge is -2.26. The van der Waals surface area contributed by atoms with E-state index in [1.807, 2.05) is 92.0 Å². The average Bonchev–Trinajstić information content (AvgIpc) is 3.60. The van der Waals surface area contributed by atoms with Gasteiger partial charge in [-0.1, -0.05) is 91.0 Å². The van der Waals surface area contributed by atoms with Crippen molar-refractivity contribution in [1.29, 1.82) is 0 Å². The molecule has 10 heteroatoms. The number of aromatic hydroxyl groups is 1. The van der Waals surface area contributed by atoms with Gasteiger partial charge in [0.25, 0.3) is 0 Å². The second-order valence-corrected chi connectivity index (χ2v) is 12.1. The van der Waals surface area contributed by atoms with Gasteiger partial charge in [-0.05, 0) is 47.0 Å². The van der Waals surface area contributed by atoms with Crippen LogP contribution in [0.25, 0.3) is 10.9 Å². The largest absolute Gasteiger partial charge is 0.506 e. The molecule has 0 radical (unpaired) electrons. The average molecular weight is 661 g/mol. The van der Waals surface area contributed by atoms with E-state index in [0.29, 0.717) is 72.7 Å². The maximum absolute atomic E-state index is 11.9. The van der Waals surface area contributed by atoms with Gasteiger partial charge in [0.15, 0.2) is 5.60 Å². The summed E-state index contributed by atoms with van der Waals surface area (Å²) in [5, 5.41) is 36.7. The fourth-order valence-corrected chi connectivity index (χ4v) is 5.84. The molecule has 0 aliphatic rings. The van der Waals surface area contributed by atoms with Crippen molar-refractivity contribution in [3.63, 3.8) is 0 Å². The maximum atomic E-state index is 11.9. The van der Waals surface area contributed by atoms with Crippen LogP contribution in [-0.2, 0) is 30.0 Å². The summed E-state index contributed by atoms with van der Waals surface area (Å²) in [6.45, 7) is 3.05. The summed E-state index contributed by atoms with van der Waals surface area (Å²) in [6.07, 6.45) is 0.844. The number of rotatable bonds is 15. The Labute approximate surface area is 284 Å². The molecule has 10 nitrogen and oxygen atoms in total. The number of hydrogen-bond acceptors (Lipinski definition) is 9. The van der Waals surface area contributed by atoms with Crippen LogP contribution in [0, 0.1) is 0 Å². The summed E-state index contributed by atoms with van der Waals surface area (Å²) in [7, 11) is 1.98. The van der Waals surface area contributed by atoms with E-state index >= 15 is 0 Å². The lowest BCUT2D eigenvalue weighted by atomic mass is 9.86. The molecular weight excluding hydrogens is 620 g/mol. The molecule has 0 bridgehead atoms. The number of H-pyrrole nitrogens is 1. The molecule has 0 saturated carbocycles. The number of hydrogen-bond donors (Lipinski definition) is 5. The highest BCUT2D eigenvalue weighted by molar-refractivity contribution is 5.87. The Morgan fingerprint density at radius 2 is 1.59 bits per heavy atom. The zero-order valence-corrected chi connectivity index (χ0v) is 27.3. The van der Waals surface area contributed by atoms with Crippen molar-refractivity contribution in [2.45, 2.75) is 31.4 Å². The van der Waals surface area contributed by atoms with Crippen molar-refractivity contribution >= 4 is 10.9 Å². The minimum absolute atomic E-state index is 0.0360. The number of likely N-dealkylation sites (N-methyl/N-ethyl adjacent to an activating group) is 1. The van der Waals surface area contributed by atoms with E-state index in [1.165, 1.54) is 12.1 Å². The zero-order valence-electron chi connectivity index (χ0n) is 27.3. The molecule has 0 fully saturated rings. The Balaban J connectivity index is 0.948. The Morgan fingerprint density at radius 1 is 0.918 bits per heavy atom. The van der Waals surface area contributed by atoms with Gasteiger partial charge in [-0.3, -0.25) is 9.69 Å². The topological polar surface area (TPSA) is 144 Å². The first-order chi connectivity index (χ1) is 23.8. The molecule has 0 spiro atoms. The van der Waals surface area contributed by atoms with E-state index in [1.54, 1.807) is 18.3 Å². The van der Waals surface area contributed by atoms with Crippen LogP contribution in [0.15, 0.2) is 125 Å². The predicted molar refractivity (Wildman–Crippen MR) is 187 cm³/mol. The normalized spacial score (nSPS) is 12.5. The number of phenolic OH excluding ortho intramolecular Hbond substituents is 1. The monoisotopic (exact) mass is 660 g/mol. The van der Waals surface area contributed by atoms with Crippen LogP contribution in [-0.4, -0.2) is 56.9 Å². The molecule has 0 aliphatic heterocycles. The van der Waals surface area contributed by atoms with Crippen LogP contribution in [0.4, 0.5) is 0 Å². The molecule has 0 saturated heterocycles. The van der Waals surface area contributed by atoms with E-state index in [2.05, 4.69) is 20.2 Å². The summed E-state index contributed by atoms with van der Waals surface area (Å²) in [4.78, 5) is 20.9. The number of aliphatic hydroxyl groups excluding tert-OH is 1. The van der Waals surface area contributed by atoms with Crippen LogP contribution in [0.5, 0.6) is 5.75 Å². The first-order valence-electron chi connectivity index (χ1n) is 16.2. The standard InChI is InChI=1S/C39H40N4O6/c1-43(25-31-23-41-38(49-31)39(47,29-8-4-2-5-9-29)30-10-6-3-7-11-30)20-21-48-26-28-14-12-27(13-15-28)22-40-24-35(45)32-16-18-34(44)37-33(32)17-19-36(46)42-37/h2-19,23,35,40,44-45,47H,20-22,24-26H2,1H3,(H,42,46). The lowest BCUT2D eigenvalue weighted by Crippen LogP contribution is -2.29. The molecule has 5 N–H and O–H groups in total. The summed E-state index contributed by atoms with van der Waals surface area (Å²) in [5.41, 5.74) is 2.59. The maximum Gasteiger partial charge on any atom is 0.248 e. The number of nitrogens with one attached hydrogen (secondary N) is 2. The number of pyridine rings is 1. The van der Waals surface area contributed by atoms with Gasteiger partial charge in [0, 0.05) is 31.1 Å². The number of ether oxygens (including phenoxy) is 1. The third-order valence-electron chi connectivity index (χ3n) is 8.51. The SMILES string of the molecule is CN(CCOCc1ccc(CNCC(O)c2ccc(O)c3[nH]c(=O)ccc23)cc1)Cc1cnc(C(O)(c2ccccc2)c2ccccc2)o1. The summed E-state index contributed by atoms with van der Waals surface area (Å²) in [5.74, 6) is 0.836. The Kier molecular flexibility index (Phi) is 10.6. The Bertz CT molecular complexity index is 1970. The van der Waals surface area contributed by atoms with E-state index in [9.17, 15) is 20.1 Å². The highest BCUT2D eigenvalue weighted by atomic mass is 16.5. The molecule has 0 amide bonds. The number of oxazole rings is 1. The van der Waals surface area contributed by atoms with Gasteiger partial charge in [-0.25, -0.2) is 4.98 Å². The number of nitrogens with zero attached hydrogens (tertiary/aromatic N) is 2. The zero-order chi connectivity index (χ0) is 34.2. The van der Waals surface area contributed by atoms with Gasteiger partial charge in [0.1, 0.15) is 11.5 Å².